The molecule has 5 heteroatoms. The van der Waals surface area contributed by atoms with Gasteiger partial charge in [-0.2, -0.15) is 4.98 Å². The molecule has 0 radical (unpaired) electrons. The van der Waals surface area contributed by atoms with Gasteiger partial charge in [-0.15, -0.1) is 0 Å². The van der Waals surface area contributed by atoms with E-state index in [1.165, 1.54) is 0 Å². The zero-order chi connectivity index (χ0) is 13.9. The molecule has 20 heavy (non-hydrogen) atoms. The molecule has 3 aromatic rings. The number of aromatic nitrogens is 3. The average molecular weight is 269 g/mol. The van der Waals surface area contributed by atoms with Crippen molar-refractivity contribution in [2.75, 3.05) is 13.7 Å². The number of nitrogens with one attached hydrogen (secondary N) is 1. The molecule has 0 aliphatic rings. The summed E-state index contributed by atoms with van der Waals surface area (Å²) < 4.78 is 10.7. The Hall–Kier alpha value is -2.56. The van der Waals surface area contributed by atoms with Crippen LogP contribution in [0.25, 0.3) is 22.6 Å². The van der Waals surface area contributed by atoms with Crippen LogP contribution in [0.15, 0.2) is 36.4 Å². The van der Waals surface area contributed by atoms with Crippen molar-refractivity contribution in [3.8, 4) is 23.0 Å². The van der Waals surface area contributed by atoms with E-state index in [0.29, 0.717) is 18.1 Å². The number of benzene rings is 1. The third kappa shape index (κ3) is 2.18. The fourth-order valence-electron chi connectivity index (χ4n) is 2.06. The van der Waals surface area contributed by atoms with Gasteiger partial charge < -0.3 is 14.5 Å². The van der Waals surface area contributed by atoms with Crippen LogP contribution in [-0.2, 0) is 0 Å². The molecule has 0 saturated heterocycles. The van der Waals surface area contributed by atoms with Crippen molar-refractivity contribution >= 4 is 11.2 Å². The van der Waals surface area contributed by atoms with E-state index < -0.39 is 0 Å². The maximum absolute atomic E-state index is 5.63. The molecule has 2 aromatic heterocycles. The van der Waals surface area contributed by atoms with E-state index in [0.717, 1.165) is 22.7 Å². The number of imidazole rings is 1. The van der Waals surface area contributed by atoms with E-state index in [1.807, 2.05) is 37.3 Å². The Bertz CT molecular complexity index is 737. The first-order chi connectivity index (χ1) is 9.81. The zero-order valence-electron chi connectivity index (χ0n) is 11.4. The number of aromatic amines is 1. The summed E-state index contributed by atoms with van der Waals surface area (Å²) >= 11 is 0. The Morgan fingerprint density at radius 2 is 1.95 bits per heavy atom. The lowest BCUT2D eigenvalue weighted by Gasteiger charge is -2.07. The molecule has 0 atom stereocenters. The number of H-pyrrole nitrogens is 1. The van der Waals surface area contributed by atoms with Crippen LogP contribution in [0.3, 0.4) is 0 Å². The van der Waals surface area contributed by atoms with Gasteiger partial charge in [-0.25, -0.2) is 4.98 Å². The minimum absolute atomic E-state index is 0.550. The van der Waals surface area contributed by atoms with Gasteiger partial charge in [0.05, 0.1) is 24.8 Å². The highest BCUT2D eigenvalue weighted by Gasteiger charge is 2.11. The van der Waals surface area contributed by atoms with Crippen LogP contribution in [0.4, 0.5) is 0 Å². The molecule has 2 heterocycles. The molecule has 0 bridgehead atoms. The van der Waals surface area contributed by atoms with Gasteiger partial charge in [0.15, 0.2) is 5.65 Å². The molecule has 0 saturated carbocycles. The number of ether oxygens (including phenoxy) is 2. The van der Waals surface area contributed by atoms with Gasteiger partial charge in [0, 0.05) is 6.07 Å². The van der Waals surface area contributed by atoms with E-state index in [-0.39, 0.29) is 0 Å². The fourth-order valence-corrected chi connectivity index (χ4v) is 2.06. The Labute approximate surface area is 116 Å². The summed E-state index contributed by atoms with van der Waals surface area (Å²) in [6.07, 6.45) is 0. The van der Waals surface area contributed by atoms with Crippen LogP contribution in [0, 0.1) is 0 Å². The minimum Gasteiger partial charge on any atom is -0.493 e. The second kappa shape index (κ2) is 5.21. The van der Waals surface area contributed by atoms with Crippen LogP contribution in [0.5, 0.6) is 11.6 Å². The topological polar surface area (TPSA) is 60.0 Å². The summed E-state index contributed by atoms with van der Waals surface area (Å²) in [4.78, 5) is 12.1. The third-order valence-electron chi connectivity index (χ3n) is 2.97. The first kappa shape index (κ1) is 12.5. The molecule has 0 fully saturated rings. The Morgan fingerprint density at radius 3 is 2.75 bits per heavy atom. The summed E-state index contributed by atoms with van der Waals surface area (Å²) in [5, 5.41) is 0. The molecular weight excluding hydrogens is 254 g/mol. The minimum atomic E-state index is 0.550. The van der Waals surface area contributed by atoms with Crippen LogP contribution in [0.2, 0.25) is 0 Å². The van der Waals surface area contributed by atoms with Crippen LogP contribution >= 0.6 is 0 Å². The normalized spacial score (nSPS) is 10.7. The van der Waals surface area contributed by atoms with Gasteiger partial charge in [0.1, 0.15) is 11.6 Å². The fraction of sp³-hybridized carbons (Fsp3) is 0.200. The predicted octanol–water partition coefficient (Wildman–Crippen LogP) is 3.03. The number of rotatable bonds is 4. The van der Waals surface area contributed by atoms with Crippen molar-refractivity contribution in [3.63, 3.8) is 0 Å². The molecule has 3 rings (SSSR count). The van der Waals surface area contributed by atoms with E-state index >= 15 is 0 Å². The van der Waals surface area contributed by atoms with Crippen molar-refractivity contribution < 1.29 is 9.47 Å². The third-order valence-corrected chi connectivity index (χ3v) is 2.97. The summed E-state index contributed by atoms with van der Waals surface area (Å²) in [6.45, 7) is 2.57. The highest BCUT2D eigenvalue weighted by molar-refractivity contribution is 5.78. The number of fused-ring (bicyclic) bond motifs is 1. The van der Waals surface area contributed by atoms with Crippen molar-refractivity contribution in [2.24, 2.45) is 0 Å². The highest BCUT2D eigenvalue weighted by Crippen LogP contribution is 2.29. The molecular formula is C15H15N3O2. The zero-order valence-corrected chi connectivity index (χ0v) is 11.4. The van der Waals surface area contributed by atoms with Gasteiger partial charge >= 0.3 is 0 Å². The number of nitrogens with zero attached hydrogens (tertiary/aromatic N) is 2. The number of pyridine rings is 1. The molecule has 1 N–H and O–H groups in total. The summed E-state index contributed by atoms with van der Waals surface area (Å²) in [5.41, 5.74) is 2.42. The van der Waals surface area contributed by atoms with Crippen LogP contribution in [-0.4, -0.2) is 28.7 Å². The van der Waals surface area contributed by atoms with Crippen molar-refractivity contribution in [3.05, 3.63) is 36.4 Å². The first-order valence-electron chi connectivity index (χ1n) is 6.44. The van der Waals surface area contributed by atoms with Gasteiger partial charge in [0.2, 0.25) is 5.88 Å². The number of hydrogen-bond acceptors (Lipinski definition) is 4. The van der Waals surface area contributed by atoms with Gasteiger partial charge in [0.25, 0.3) is 0 Å². The summed E-state index contributed by atoms with van der Waals surface area (Å²) in [5.74, 6) is 2.10. The molecule has 5 nitrogen and oxygen atoms in total. The van der Waals surface area contributed by atoms with Gasteiger partial charge in [-0.05, 0) is 25.1 Å². The van der Waals surface area contributed by atoms with Crippen molar-refractivity contribution in [1.29, 1.82) is 0 Å². The second-order valence-electron chi connectivity index (χ2n) is 4.24. The highest BCUT2D eigenvalue weighted by atomic mass is 16.5. The van der Waals surface area contributed by atoms with E-state index in [9.17, 15) is 0 Å². The smallest absolute Gasteiger partial charge is 0.215 e. The monoisotopic (exact) mass is 269 g/mol. The Morgan fingerprint density at radius 1 is 1.10 bits per heavy atom. The lowest BCUT2D eigenvalue weighted by molar-refractivity contribution is 0.341. The Kier molecular flexibility index (Phi) is 3.25. The number of hydrogen-bond donors (Lipinski definition) is 1. The van der Waals surface area contributed by atoms with E-state index in [4.69, 9.17) is 9.47 Å². The average Bonchev–Trinajstić information content (AvgIpc) is 2.90. The largest absolute Gasteiger partial charge is 0.493 e. The predicted molar refractivity (Wildman–Crippen MR) is 77.0 cm³/mol. The lowest BCUT2D eigenvalue weighted by atomic mass is 10.2. The standard InChI is InChI=1S/C15H15N3O2/c1-3-20-12-7-5-4-6-10(12)14-16-11-8-9-13(19-2)17-15(11)18-14/h4-9H,3H2,1-2H3,(H,16,17,18). The molecule has 0 aliphatic heterocycles. The van der Waals surface area contributed by atoms with Gasteiger partial charge in [-0.1, -0.05) is 12.1 Å². The summed E-state index contributed by atoms with van der Waals surface area (Å²) in [6, 6.07) is 11.5. The second-order valence-corrected chi connectivity index (χ2v) is 4.24. The van der Waals surface area contributed by atoms with Crippen LogP contribution in [0.1, 0.15) is 6.92 Å². The van der Waals surface area contributed by atoms with Gasteiger partial charge in [-0.3, -0.25) is 0 Å². The van der Waals surface area contributed by atoms with E-state index in [1.54, 1.807) is 13.2 Å². The molecule has 1 aromatic carbocycles. The maximum atomic E-state index is 5.63. The van der Waals surface area contributed by atoms with Crippen molar-refractivity contribution in [1.82, 2.24) is 15.0 Å². The molecule has 102 valence electrons. The first-order valence-corrected chi connectivity index (χ1v) is 6.44. The molecule has 0 amide bonds. The molecule has 0 aliphatic carbocycles. The molecule has 0 unspecified atom stereocenters. The van der Waals surface area contributed by atoms with E-state index in [2.05, 4.69) is 15.0 Å². The summed E-state index contributed by atoms with van der Waals surface area (Å²) in [7, 11) is 1.59. The maximum Gasteiger partial charge on any atom is 0.215 e. The molecule has 0 spiro atoms. The number of para-hydroxylation sites is 1. The van der Waals surface area contributed by atoms with Crippen LogP contribution < -0.4 is 9.47 Å². The number of methoxy groups -OCH3 is 1. The quantitative estimate of drug-likeness (QED) is 0.790. The lowest BCUT2D eigenvalue weighted by Crippen LogP contribution is -1.94. The Balaban J connectivity index is 2.10. The van der Waals surface area contributed by atoms with Crippen molar-refractivity contribution in [2.45, 2.75) is 6.92 Å². The SMILES string of the molecule is CCOc1ccccc1-c1nc2nc(OC)ccc2[nH]1.